The summed E-state index contributed by atoms with van der Waals surface area (Å²) in [6, 6.07) is 0.539. The van der Waals surface area contributed by atoms with Crippen LogP contribution >= 0.6 is 0 Å². The first-order valence-electron chi connectivity index (χ1n) is 5.49. The van der Waals surface area contributed by atoms with Crippen molar-refractivity contribution in [3.8, 4) is 0 Å². The summed E-state index contributed by atoms with van der Waals surface area (Å²) in [4.78, 5) is 2.50. The molecule has 0 spiro atoms. The second-order valence-electron chi connectivity index (χ2n) is 4.11. The second-order valence-corrected chi connectivity index (χ2v) is 4.11. The summed E-state index contributed by atoms with van der Waals surface area (Å²) in [5.41, 5.74) is 0.250. The lowest BCUT2D eigenvalue weighted by atomic mass is 9.93. The van der Waals surface area contributed by atoms with Crippen molar-refractivity contribution in [1.82, 2.24) is 10.2 Å². The summed E-state index contributed by atoms with van der Waals surface area (Å²) >= 11 is 0. The van der Waals surface area contributed by atoms with Crippen molar-refractivity contribution in [2.45, 2.75) is 53.1 Å². The molecule has 2 heteroatoms. The molecular formula is C11H26N2. The Labute approximate surface area is 83.7 Å². The maximum absolute atomic E-state index is 3.49. The van der Waals surface area contributed by atoms with Crippen LogP contribution in [-0.2, 0) is 0 Å². The number of hydrogen-bond acceptors (Lipinski definition) is 2. The van der Waals surface area contributed by atoms with Gasteiger partial charge >= 0.3 is 0 Å². The topological polar surface area (TPSA) is 15.3 Å². The van der Waals surface area contributed by atoms with Crippen molar-refractivity contribution < 1.29 is 0 Å². The standard InChI is InChI=1S/C11H26N2/c1-7-12-10(4)11(5,6)13(8-2)9-3/h10,12H,7-9H2,1-6H3. The van der Waals surface area contributed by atoms with Gasteiger partial charge in [0, 0.05) is 11.6 Å². The van der Waals surface area contributed by atoms with Crippen LogP contribution in [0.1, 0.15) is 41.5 Å². The molecule has 1 unspecified atom stereocenters. The highest BCUT2D eigenvalue weighted by Crippen LogP contribution is 2.18. The molecule has 0 aromatic carbocycles. The molecule has 0 aliphatic rings. The van der Waals surface area contributed by atoms with Gasteiger partial charge in [0.05, 0.1) is 0 Å². The number of rotatable bonds is 6. The van der Waals surface area contributed by atoms with E-state index in [4.69, 9.17) is 0 Å². The van der Waals surface area contributed by atoms with Gasteiger partial charge in [0.1, 0.15) is 0 Å². The minimum Gasteiger partial charge on any atom is -0.313 e. The average Bonchev–Trinajstić information content (AvgIpc) is 2.06. The lowest BCUT2D eigenvalue weighted by molar-refractivity contribution is 0.0989. The first kappa shape index (κ1) is 12.9. The van der Waals surface area contributed by atoms with Gasteiger partial charge in [-0.25, -0.2) is 0 Å². The van der Waals surface area contributed by atoms with Gasteiger partial charge < -0.3 is 5.32 Å². The summed E-state index contributed by atoms with van der Waals surface area (Å²) in [7, 11) is 0. The van der Waals surface area contributed by atoms with Crippen LogP contribution in [0.5, 0.6) is 0 Å². The molecule has 0 aliphatic carbocycles. The van der Waals surface area contributed by atoms with Crippen LogP contribution < -0.4 is 5.32 Å². The third-order valence-electron chi connectivity index (χ3n) is 3.15. The van der Waals surface area contributed by atoms with E-state index in [0.717, 1.165) is 19.6 Å². The van der Waals surface area contributed by atoms with E-state index in [0.29, 0.717) is 6.04 Å². The Hall–Kier alpha value is -0.0800. The fraction of sp³-hybridized carbons (Fsp3) is 1.00. The predicted molar refractivity (Wildman–Crippen MR) is 60.1 cm³/mol. The lowest BCUT2D eigenvalue weighted by Gasteiger charge is -2.42. The number of nitrogens with one attached hydrogen (secondary N) is 1. The summed E-state index contributed by atoms with van der Waals surface area (Å²) in [6.45, 7) is 16.8. The molecule has 13 heavy (non-hydrogen) atoms. The minimum absolute atomic E-state index is 0.250. The van der Waals surface area contributed by atoms with Gasteiger partial charge in [0.15, 0.2) is 0 Å². The molecule has 0 saturated carbocycles. The molecule has 0 aromatic heterocycles. The van der Waals surface area contributed by atoms with Crippen LogP contribution in [0.15, 0.2) is 0 Å². The Morgan fingerprint density at radius 3 is 1.92 bits per heavy atom. The molecule has 0 saturated heterocycles. The van der Waals surface area contributed by atoms with Crippen LogP contribution in [0, 0.1) is 0 Å². The average molecular weight is 186 g/mol. The van der Waals surface area contributed by atoms with Gasteiger partial charge in [-0.05, 0) is 40.4 Å². The quantitative estimate of drug-likeness (QED) is 0.683. The van der Waals surface area contributed by atoms with Crippen LogP contribution in [0.4, 0.5) is 0 Å². The van der Waals surface area contributed by atoms with Crippen LogP contribution in [0.25, 0.3) is 0 Å². The Kier molecular flexibility index (Phi) is 5.57. The van der Waals surface area contributed by atoms with Gasteiger partial charge in [-0.3, -0.25) is 4.90 Å². The Balaban J connectivity index is 4.32. The smallest absolute Gasteiger partial charge is 0.0303 e. The molecule has 0 aromatic rings. The van der Waals surface area contributed by atoms with Crippen molar-refractivity contribution in [1.29, 1.82) is 0 Å². The van der Waals surface area contributed by atoms with Crippen LogP contribution in [-0.4, -0.2) is 36.1 Å². The van der Waals surface area contributed by atoms with E-state index < -0.39 is 0 Å². The maximum atomic E-state index is 3.49. The molecule has 0 rings (SSSR count). The van der Waals surface area contributed by atoms with Crippen molar-refractivity contribution in [3.63, 3.8) is 0 Å². The number of hydrogen-bond donors (Lipinski definition) is 1. The zero-order chi connectivity index (χ0) is 10.5. The molecule has 0 aliphatic heterocycles. The molecule has 80 valence electrons. The fourth-order valence-corrected chi connectivity index (χ4v) is 1.87. The monoisotopic (exact) mass is 186 g/mol. The highest BCUT2D eigenvalue weighted by molar-refractivity contribution is 4.89. The zero-order valence-electron chi connectivity index (χ0n) is 10.1. The van der Waals surface area contributed by atoms with Crippen LogP contribution in [0.2, 0.25) is 0 Å². The molecule has 0 radical (unpaired) electrons. The Bertz CT molecular complexity index is 128. The summed E-state index contributed by atoms with van der Waals surface area (Å²) in [5, 5.41) is 3.49. The summed E-state index contributed by atoms with van der Waals surface area (Å²) < 4.78 is 0. The summed E-state index contributed by atoms with van der Waals surface area (Å²) in [6.07, 6.45) is 0. The first-order valence-corrected chi connectivity index (χ1v) is 5.49. The van der Waals surface area contributed by atoms with Gasteiger partial charge in [-0.2, -0.15) is 0 Å². The molecule has 0 bridgehead atoms. The molecule has 0 fully saturated rings. The third-order valence-corrected chi connectivity index (χ3v) is 3.15. The molecule has 0 amide bonds. The van der Waals surface area contributed by atoms with E-state index in [1.54, 1.807) is 0 Å². The van der Waals surface area contributed by atoms with E-state index in [1.165, 1.54) is 0 Å². The highest BCUT2D eigenvalue weighted by atomic mass is 15.2. The van der Waals surface area contributed by atoms with Crippen molar-refractivity contribution in [2.75, 3.05) is 19.6 Å². The van der Waals surface area contributed by atoms with Crippen molar-refractivity contribution in [3.05, 3.63) is 0 Å². The molecule has 1 atom stereocenters. The van der Waals surface area contributed by atoms with E-state index in [9.17, 15) is 0 Å². The maximum Gasteiger partial charge on any atom is 0.0303 e. The minimum atomic E-state index is 0.250. The first-order chi connectivity index (χ1) is 6.00. The van der Waals surface area contributed by atoms with E-state index in [2.05, 4.69) is 51.8 Å². The van der Waals surface area contributed by atoms with Crippen molar-refractivity contribution in [2.24, 2.45) is 0 Å². The molecule has 2 nitrogen and oxygen atoms in total. The SMILES string of the molecule is CCNC(C)C(C)(C)N(CC)CC. The molecule has 0 heterocycles. The normalized spacial score (nSPS) is 15.0. The van der Waals surface area contributed by atoms with E-state index in [1.807, 2.05) is 0 Å². The Morgan fingerprint density at radius 1 is 1.15 bits per heavy atom. The van der Waals surface area contributed by atoms with Gasteiger partial charge in [-0.15, -0.1) is 0 Å². The van der Waals surface area contributed by atoms with Gasteiger partial charge in [0.25, 0.3) is 0 Å². The van der Waals surface area contributed by atoms with E-state index in [-0.39, 0.29) is 5.54 Å². The second kappa shape index (κ2) is 5.61. The van der Waals surface area contributed by atoms with Gasteiger partial charge in [-0.1, -0.05) is 20.8 Å². The van der Waals surface area contributed by atoms with Crippen molar-refractivity contribution >= 4 is 0 Å². The van der Waals surface area contributed by atoms with Gasteiger partial charge in [0.2, 0.25) is 0 Å². The third kappa shape index (κ3) is 3.28. The zero-order valence-corrected chi connectivity index (χ0v) is 10.1. The Morgan fingerprint density at radius 2 is 1.62 bits per heavy atom. The number of likely N-dealkylation sites (N-methyl/N-ethyl adjacent to an activating group) is 2. The van der Waals surface area contributed by atoms with E-state index >= 15 is 0 Å². The molecule has 1 N–H and O–H groups in total. The number of nitrogens with zero attached hydrogens (tertiary/aromatic N) is 1. The lowest BCUT2D eigenvalue weighted by Crippen LogP contribution is -2.56. The summed E-state index contributed by atoms with van der Waals surface area (Å²) in [5.74, 6) is 0. The highest BCUT2D eigenvalue weighted by Gasteiger charge is 2.29. The largest absolute Gasteiger partial charge is 0.313 e. The molecular weight excluding hydrogens is 160 g/mol. The fourth-order valence-electron chi connectivity index (χ4n) is 1.87. The predicted octanol–water partition coefficient (Wildman–Crippen LogP) is 2.10. The van der Waals surface area contributed by atoms with Crippen LogP contribution in [0.3, 0.4) is 0 Å².